The lowest BCUT2D eigenvalue weighted by molar-refractivity contribution is -0.385. The van der Waals surface area contributed by atoms with Crippen molar-refractivity contribution in [3.63, 3.8) is 0 Å². The van der Waals surface area contributed by atoms with Crippen LogP contribution in [-0.4, -0.2) is 40.4 Å². The van der Waals surface area contributed by atoms with Gasteiger partial charge in [-0.25, -0.2) is 22.0 Å². The molecule has 11 heteroatoms. The van der Waals surface area contributed by atoms with Gasteiger partial charge in [-0.15, -0.1) is 0 Å². The lowest BCUT2D eigenvalue weighted by Gasteiger charge is -2.12. The average Bonchev–Trinajstić information content (AvgIpc) is 2.27. The van der Waals surface area contributed by atoms with Gasteiger partial charge in [0, 0.05) is 18.4 Å². The molecular formula is C10H14N2O7S2. The Bertz CT molecular complexity index is 769. The fourth-order valence-electron chi connectivity index (χ4n) is 1.52. The van der Waals surface area contributed by atoms with Crippen molar-refractivity contribution in [1.82, 2.24) is 0 Å². The second-order valence-electron chi connectivity index (χ2n) is 4.37. The van der Waals surface area contributed by atoms with Crippen LogP contribution in [0.2, 0.25) is 0 Å². The van der Waals surface area contributed by atoms with Gasteiger partial charge in [-0.3, -0.25) is 10.1 Å². The van der Waals surface area contributed by atoms with Gasteiger partial charge >= 0.3 is 0 Å². The van der Waals surface area contributed by atoms with E-state index < -0.39 is 35.4 Å². The molecule has 0 saturated heterocycles. The minimum absolute atomic E-state index is 0.168. The van der Waals surface area contributed by atoms with Crippen LogP contribution in [0, 0.1) is 17.0 Å². The van der Waals surface area contributed by atoms with Crippen LogP contribution in [0.15, 0.2) is 17.0 Å². The smallest absolute Gasteiger partial charge is 0.271 e. The first-order valence-electron chi connectivity index (χ1n) is 5.54. The van der Waals surface area contributed by atoms with Gasteiger partial charge in [0.25, 0.3) is 5.69 Å². The molecule has 1 rings (SSSR count). The third-order valence-corrected chi connectivity index (χ3v) is 4.27. The normalized spacial score (nSPS) is 12.1. The van der Waals surface area contributed by atoms with Crippen LogP contribution in [0.4, 0.5) is 5.69 Å². The van der Waals surface area contributed by atoms with Crippen LogP contribution >= 0.6 is 0 Å². The Morgan fingerprint density at radius 2 is 1.86 bits per heavy atom. The van der Waals surface area contributed by atoms with E-state index in [-0.39, 0.29) is 23.7 Å². The van der Waals surface area contributed by atoms with Crippen molar-refractivity contribution in [3.05, 3.63) is 27.8 Å². The van der Waals surface area contributed by atoms with Crippen molar-refractivity contribution in [1.29, 1.82) is 0 Å². The highest BCUT2D eigenvalue weighted by Gasteiger charge is 2.23. The standard InChI is InChI=1S/C10H14N2O7S2/c1-7-5-8(12(13)14)6-9(21(11,17)18)10(7)19-3-4-20(2,15)16/h5-6H,3-4H2,1-2H3,(H2,11,17,18). The molecule has 0 aliphatic carbocycles. The molecule has 0 fully saturated rings. The molecule has 0 amide bonds. The van der Waals surface area contributed by atoms with Gasteiger partial charge in [0.1, 0.15) is 17.3 Å². The molecule has 0 atom stereocenters. The van der Waals surface area contributed by atoms with Crippen LogP contribution in [-0.2, 0) is 19.9 Å². The van der Waals surface area contributed by atoms with Crippen LogP contribution in [0.3, 0.4) is 0 Å². The summed E-state index contributed by atoms with van der Waals surface area (Å²) in [6.07, 6.45) is 1.000. The zero-order valence-electron chi connectivity index (χ0n) is 11.3. The van der Waals surface area contributed by atoms with Gasteiger partial charge in [-0.2, -0.15) is 0 Å². The van der Waals surface area contributed by atoms with Crippen LogP contribution in [0.25, 0.3) is 0 Å². The van der Waals surface area contributed by atoms with Crippen molar-refractivity contribution in [2.75, 3.05) is 18.6 Å². The Labute approximate surface area is 121 Å². The van der Waals surface area contributed by atoms with Gasteiger partial charge in [0.05, 0.1) is 10.7 Å². The number of aryl methyl sites for hydroxylation is 1. The molecule has 1 aromatic carbocycles. The molecule has 0 heterocycles. The minimum Gasteiger partial charge on any atom is -0.491 e. The Morgan fingerprint density at radius 1 is 1.29 bits per heavy atom. The van der Waals surface area contributed by atoms with E-state index in [2.05, 4.69) is 0 Å². The third-order valence-electron chi connectivity index (χ3n) is 2.44. The first-order valence-corrected chi connectivity index (χ1v) is 9.15. The lowest BCUT2D eigenvalue weighted by atomic mass is 10.2. The SMILES string of the molecule is Cc1cc([N+](=O)[O-])cc(S(N)(=O)=O)c1OCCS(C)(=O)=O. The third kappa shape index (κ3) is 4.95. The first-order chi connectivity index (χ1) is 9.42. The van der Waals surface area contributed by atoms with E-state index in [1.165, 1.54) is 6.92 Å². The van der Waals surface area contributed by atoms with Crippen molar-refractivity contribution in [2.45, 2.75) is 11.8 Å². The second-order valence-corrected chi connectivity index (χ2v) is 8.16. The number of nitro groups is 1. The largest absolute Gasteiger partial charge is 0.491 e. The van der Waals surface area contributed by atoms with Crippen molar-refractivity contribution in [3.8, 4) is 5.75 Å². The summed E-state index contributed by atoms with van der Waals surface area (Å²) in [5.74, 6) is -0.514. The number of benzene rings is 1. The fourth-order valence-corrected chi connectivity index (χ4v) is 2.67. The summed E-state index contributed by atoms with van der Waals surface area (Å²) >= 11 is 0. The predicted molar refractivity (Wildman–Crippen MR) is 74.4 cm³/mol. The van der Waals surface area contributed by atoms with E-state index in [9.17, 15) is 26.9 Å². The zero-order chi connectivity index (χ0) is 16.4. The maximum atomic E-state index is 11.5. The topological polar surface area (TPSA) is 147 Å². The number of nitrogens with two attached hydrogens (primary N) is 1. The highest BCUT2D eigenvalue weighted by atomic mass is 32.2. The summed E-state index contributed by atoms with van der Waals surface area (Å²) in [5.41, 5.74) is -0.284. The molecular weight excluding hydrogens is 324 g/mol. The van der Waals surface area contributed by atoms with E-state index in [0.29, 0.717) is 0 Å². The van der Waals surface area contributed by atoms with E-state index in [1.807, 2.05) is 0 Å². The number of nitro benzene ring substituents is 1. The molecule has 21 heavy (non-hydrogen) atoms. The number of hydrogen-bond donors (Lipinski definition) is 1. The summed E-state index contributed by atoms with van der Waals surface area (Å²) in [4.78, 5) is 9.42. The van der Waals surface area contributed by atoms with Crippen molar-refractivity contribution < 1.29 is 26.5 Å². The van der Waals surface area contributed by atoms with Gasteiger partial charge in [0.15, 0.2) is 9.84 Å². The van der Waals surface area contributed by atoms with Gasteiger partial charge in [-0.05, 0) is 12.5 Å². The molecule has 0 unspecified atom stereocenters. The molecule has 0 aromatic heterocycles. The first kappa shape index (κ1) is 17.3. The molecule has 1 aromatic rings. The highest BCUT2D eigenvalue weighted by Crippen LogP contribution is 2.31. The van der Waals surface area contributed by atoms with Crippen LogP contribution in [0.1, 0.15) is 5.56 Å². The Balaban J connectivity index is 3.27. The molecule has 0 spiro atoms. The predicted octanol–water partition coefficient (Wildman–Crippen LogP) is -0.0260. The van der Waals surface area contributed by atoms with Crippen molar-refractivity contribution in [2.24, 2.45) is 5.14 Å². The van der Waals surface area contributed by atoms with E-state index in [0.717, 1.165) is 18.4 Å². The molecule has 0 saturated carbocycles. The fraction of sp³-hybridized carbons (Fsp3) is 0.400. The number of primary sulfonamides is 1. The summed E-state index contributed by atoms with van der Waals surface area (Å²) in [5, 5.41) is 15.7. The monoisotopic (exact) mass is 338 g/mol. The van der Waals surface area contributed by atoms with E-state index >= 15 is 0 Å². The van der Waals surface area contributed by atoms with Crippen LogP contribution < -0.4 is 9.88 Å². The number of non-ortho nitro benzene ring substituents is 1. The molecule has 0 bridgehead atoms. The zero-order valence-corrected chi connectivity index (χ0v) is 12.9. The maximum absolute atomic E-state index is 11.5. The average molecular weight is 338 g/mol. The molecule has 2 N–H and O–H groups in total. The van der Waals surface area contributed by atoms with Crippen LogP contribution in [0.5, 0.6) is 5.75 Å². The number of rotatable bonds is 6. The number of sulfone groups is 1. The number of sulfonamides is 1. The quantitative estimate of drug-likeness (QED) is 0.566. The van der Waals surface area contributed by atoms with Crippen molar-refractivity contribution >= 4 is 25.5 Å². The molecule has 9 nitrogen and oxygen atoms in total. The number of ether oxygens (including phenoxy) is 1. The molecule has 0 aliphatic rings. The minimum atomic E-state index is -4.26. The summed E-state index contributed by atoms with van der Waals surface area (Å²) in [6.45, 7) is 1.11. The van der Waals surface area contributed by atoms with Gasteiger partial charge in [0.2, 0.25) is 10.0 Å². The van der Waals surface area contributed by atoms with Gasteiger partial charge < -0.3 is 4.74 Å². The lowest BCUT2D eigenvalue weighted by Crippen LogP contribution is -2.17. The molecule has 0 radical (unpaired) electrons. The Kier molecular flexibility index (Phi) is 4.91. The summed E-state index contributed by atoms with van der Waals surface area (Å²) in [6, 6.07) is 1.89. The second kappa shape index (κ2) is 5.95. The molecule has 118 valence electrons. The number of hydrogen-bond acceptors (Lipinski definition) is 7. The molecule has 0 aliphatic heterocycles. The highest BCUT2D eigenvalue weighted by molar-refractivity contribution is 7.90. The van der Waals surface area contributed by atoms with E-state index in [4.69, 9.17) is 9.88 Å². The maximum Gasteiger partial charge on any atom is 0.271 e. The Hall–Kier alpha value is -1.72. The van der Waals surface area contributed by atoms with E-state index in [1.54, 1.807) is 0 Å². The summed E-state index contributed by atoms with van der Waals surface area (Å²) in [7, 11) is -7.55. The Morgan fingerprint density at radius 3 is 2.29 bits per heavy atom. The number of nitrogens with zero attached hydrogens (tertiary/aromatic N) is 1. The summed E-state index contributed by atoms with van der Waals surface area (Å²) < 4.78 is 50.2. The van der Waals surface area contributed by atoms with Gasteiger partial charge in [-0.1, -0.05) is 0 Å².